The third-order valence-electron chi connectivity index (χ3n) is 4.24. The zero-order valence-corrected chi connectivity index (χ0v) is 12.5. The third kappa shape index (κ3) is 4.59. The molecule has 1 saturated heterocycles. The highest BCUT2D eigenvalue weighted by Crippen LogP contribution is 2.23. The summed E-state index contributed by atoms with van der Waals surface area (Å²) in [5.74, 6) is 0.725. The van der Waals surface area contributed by atoms with Crippen LogP contribution in [-0.2, 0) is 0 Å². The minimum atomic E-state index is 0.651. The molecule has 1 heterocycles. The van der Waals surface area contributed by atoms with Gasteiger partial charge in [0.05, 0.1) is 0 Å². The molecule has 1 aliphatic heterocycles. The number of piperidine rings is 1. The Balaban J connectivity index is 2.51. The average molecular weight is 240 g/mol. The third-order valence-corrected chi connectivity index (χ3v) is 4.24. The molecular weight excluding hydrogens is 208 g/mol. The zero-order chi connectivity index (χ0) is 12.8. The van der Waals surface area contributed by atoms with E-state index in [-0.39, 0.29) is 0 Å². The van der Waals surface area contributed by atoms with Gasteiger partial charge < -0.3 is 5.32 Å². The Morgan fingerprint density at radius 2 is 1.76 bits per heavy atom. The van der Waals surface area contributed by atoms with E-state index in [1.54, 1.807) is 0 Å². The van der Waals surface area contributed by atoms with Crippen molar-refractivity contribution in [3.8, 4) is 0 Å². The van der Waals surface area contributed by atoms with E-state index in [4.69, 9.17) is 0 Å². The molecule has 1 rings (SSSR count). The summed E-state index contributed by atoms with van der Waals surface area (Å²) < 4.78 is 0. The molecule has 0 radical (unpaired) electrons. The van der Waals surface area contributed by atoms with Crippen molar-refractivity contribution >= 4 is 0 Å². The Labute approximate surface area is 108 Å². The zero-order valence-electron chi connectivity index (χ0n) is 12.5. The summed E-state index contributed by atoms with van der Waals surface area (Å²) in [6.07, 6.45) is 5.40. The van der Waals surface area contributed by atoms with Crippen LogP contribution in [0.5, 0.6) is 0 Å². The Morgan fingerprint density at radius 1 is 1.18 bits per heavy atom. The first kappa shape index (κ1) is 15.0. The van der Waals surface area contributed by atoms with Gasteiger partial charge in [-0.1, -0.05) is 27.2 Å². The molecule has 0 spiro atoms. The van der Waals surface area contributed by atoms with Gasteiger partial charge in [-0.15, -0.1) is 0 Å². The van der Waals surface area contributed by atoms with Gasteiger partial charge in [0, 0.05) is 24.7 Å². The van der Waals surface area contributed by atoms with E-state index in [0.717, 1.165) is 24.5 Å². The maximum Gasteiger partial charge on any atom is 0.0218 e. The standard InChI is InChI=1S/C15H32N2/c1-6-10-16-15(12(2)3)11-17-13(4)8-7-9-14(17)5/h12-16H,6-11H2,1-5H3. The second-order valence-electron chi connectivity index (χ2n) is 6.13. The molecule has 17 heavy (non-hydrogen) atoms. The Morgan fingerprint density at radius 3 is 2.24 bits per heavy atom. The largest absolute Gasteiger partial charge is 0.312 e. The van der Waals surface area contributed by atoms with E-state index >= 15 is 0 Å². The number of rotatable bonds is 6. The van der Waals surface area contributed by atoms with Crippen molar-refractivity contribution in [2.24, 2.45) is 5.92 Å². The number of nitrogens with one attached hydrogen (secondary N) is 1. The van der Waals surface area contributed by atoms with E-state index in [1.807, 2.05) is 0 Å². The van der Waals surface area contributed by atoms with Crippen molar-refractivity contribution in [3.63, 3.8) is 0 Å². The molecule has 0 aromatic heterocycles. The number of nitrogens with zero attached hydrogens (tertiary/aromatic N) is 1. The highest BCUT2D eigenvalue weighted by atomic mass is 15.2. The minimum Gasteiger partial charge on any atom is -0.312 e. The van der Waals surface area contributed by atoms with Crippen molar-refractivity contribution in [1.29, 1.82) is 0 Å². The maximum atomic E-state index is 3.72. The summed E-state index contributed by atoms with van der Waals surface area (Å²) in [6, 6.07) is 2.19. The van der Waals surface area contributed by atoms with Gasteiger partial charge in [-0.3, -0.25) is 4.90 Å². The van der Waals surface area contributed by atoms with Crippen LogP contribution in [-0.4, -0.2) is 36.1 Å². The fraction of sp³-hybridized carbons (Fsp3) is 1.00. The van der Waals surface area contributed by atoms with E-state index in [2.05, 4.69) is 44.8 Å². The van der Waals surface area contributed by atoms with E-state index in [0.29, 0.717) is 6.04 Å². The van der Waals surface area contributed by atoms with Gasteiger partial charge >= 0.3 is 0 Å². The Bertz CT molecular complexity index is 193. The number of likely N-dealkylation sites (tertiary alicyclic amines) is 1. The van der Waals surface area contributed by atoms with E-state index in [9.17, 15) is 0 Å². The van der Waals surface area contributed by atoms with Crippen LogP contribution >= 0.6 is 0 Å². The molecule has 1 aliphatic rings. The average Bonchev–Trinajstić information content (AvgIpc) is 2.27. The van der Waals surface area contributed by atoms with Crippen molar-refractivity contribution in [3.05, 3.63) is 0 Å². The molecule has 2 heteroatoms. The summed E-state index contributed by atoms with van der Waals surface area (Å²) in [4.78, 5) is 2.72. The molecule has 0 saturated carbocycles. The van der Waals surface area contributed by atoms with Gasteiger partial charge in [-0.25, -0.2) is 0 Å². The van der Waals surface area contributed by atoms with Crippen LogP contribution in [0.4, 0.5) is 0 Å². The topological polar surface area (TPSA) is 15.3 Å². The van der Waals surface area contributed by atoms with E-state index < -0.39 is 0 Å². The Hall–Kier alpha value is -0.0800. The lowest BCUT2D eigenvalue weighted by Crippen LogP contribution is -2.52. The predicted octanol–water partition coefficient (Wildman–Crippen LogP) is 3.27. The van der Waals surface area contributed by atoms with Crippen molar-refractivity contribution in [1.82, 2.24) is 10.2 Å². The van der Waals surface area contributed by atoms with Crippen molar-refractivity contribution in [2.75, 3.05) is 13.1 Å². The normalized spacial score (nSPS) is 28.6. The summed E-state index contributed by atoms with van der Waals surface area (Å²) in [5, 5.41) is 3.72. The number of hydrogen-bond donors (Lipinski definition) is 1. The van der Waals surface area contributed by atoms with Crippen LogP contribution in [0.3, 0.4) is 0 Å². The summed E-state index contributed by atoms with van der Waals surface area (Å²) >= 11 is 0. The first-order valence-corrected chi connectivity index (χ1v) is 7.55. The lowest BCUT2D eigenvalue weighted by atomic mass is 9.94. The van der Waals surface area contributed by atoms with Gasteiger partial charge in [0.15, 0.2) is 0 Å². The Kier molecular flexibility index (Phi) is 6.50. The molecular formula is C15H32N2. The molecule has 3 unspecified atom stereocenters. The van der Waals surface area contributed by atoms with Crippen molar-refractivity contribution < 1.29 is 0 Å². The van der Waals surface area contributed by atoms with Crippen LogP contribution < -0.4 is 5.32 Å². The molecule has 1 fully saturated rings. The molecule has 3 atom stereocenters. The molecule has 0 bridgehead atoms. The predicted molar refractivity (Wildman–Crippen MR) is 76.4 cm³/mol. The second-order valence-corrected chi connectivity index (χ2v) is 6.13. The van der Waals surface area contributed by atoms with Gasteiger partial charge in [-0.2, -0.15) is 0 Å². The quantitative estimate of drug-likeness (QED) is 0.766. The van der Waals surface area contributed by atoms with Crippen LogP contribution in [0, 0.1) is 5.92 Å². The lowest BCUT2D eigenvalue weighted by Gasteiger charge is -2.42. The van der Waals surface area contributed by atoms with Crippen LogP contribution in [0.15, 0.2) is 0 Å². The van der Waals surface area contributed by atoms with Crippen LogP contribution in [0.2, 0.25) is 0 Å². The van der Waals surface area contributed by atoms with Gasteiger partial charge in [-0.05, 0) is 45.6 Å². The molecule has 0 aliphatic carbocycles. The summed E-state index contributed by atoms with van der Waals surface area (Å²) in [7, 11) is 0. The smallest absolute Gasteiger partial charge is 0.0218 e. The van der Waals surface area contributed by atoms with Gasteiger partial charge in [0.25, 0.3) is 0 Å². The minimum absolute atomic E-state index is 0.651. The molecule has 102 valence electrons. The highest BCUT2D eigenvalue weighted by Gasteiger charge is 2.27. The molecule has 0 aromatic rings. The first-order chi connectivity index (χ1) is 8.06. The van der Waals surface area contributed by atoms with Crippen molar-refractivity contribution in [2.45, 2.75) is 78.4 Å². The number of hydrogen-bond acceptors (Lipinski definition) is 2. The SMILES string of the molecule is CCCNC(CN1C(C)CCCC1C)C(C)C. The molecule has 0 amide bonds. The summed E-state index contributed by atoms with van der Waals surface area (Å²) in [6.45, 7) is 14.1. The fourth-order valence-electron chi connectivity index (χ4n) is 2.90. The van der Waals surface area contributed by atoms with Gasteiger partial charge in [0.1, 0.15) is 0 Å². The molecule has 1 N–H and O–H groups in total. The maximum absolute atomic E-state index is 3.72. The molecule has 2 nitrogen and oxygen atoms in total. The van der Waals surface area contributed by atoms with E-state index in [1.165, 1.54) is 32.2 Å². The monoisotopic (exact) mass is 240 g/mol. The van der Waals surface area contributed by atoms with Crippen LogP contribution in [0.25, 0.3) is 0 Å². The highest BCUT2D eigenvalue weighted by molar-refractivity contribution is 4.84. The fourth-order valence-corrected chi connectivity index (χ4v) is 2.90. The van der Waals surface area contributed by atoms with Crippen LogP contribution in [0.1, 0.15) is 60.3 Å². The molecule has 0 aromatic carbocycles. The second kappa shape index (κ2) is 7.38. The lowest BCUT2D eigenvalue weighted by molar-refractivity contribution is 0.0834. The first-order valence-electron chi connectivity index (χ1n) is 7.55. The summed E-state index contributed by atoms with van der Waals surface area (Å²) in [5.41, 5.74) is 0. The van der Waals surface area contributed by atoms with Gasteiger partial charge in [0.2, 0.25) is 0 Å².